The molecule has 29 heavy (non-hydrogen) atoms. The summed E-state index contributed by atoms with van der Waals surface area (Å²) in [6, 6.07) is 8.60. The van der Waals surface area contributed by atoms with Crippen molar-refractivity contribution in [1.29, 1.82) is 0 Å². The molecular formula is C21H24FN3O4. The minimum Gasteiger partial charge on any atom is -0.493 e. The first-order valence-electron chi connectivity index (χ1n) is 9.27. The van der Waals surface area contributed by atoms with Crippen molar-refractivity contribution in [2.75, 3.05) is 38.4 Å². The molecule has 0 unspecified atom stereocenters. The molecule has 0 saturated carbocycles. The molecule has 2 amide bonds. The Kier molecular flexibility index (Phi) is 6.33. The summed E-state index contributed by atoms with van der Waals surface area (Å²) in [7, 11) is 4.79. The van der Waals surface area contributed by atoms with Crippen LogP contribution in [-0.4, -0.2) is 50.6 Å². The number of anilines is 2. The number of nitrogens with one attached hydrogen (secondary N) is 2. The molecule has 0 aliphatic carbocycles. The second-order valence-corrected chi connectivity index (χ2v) is 6.82. The molecule has 1 heterocycles. The van der Waals surface area contributed by atoms with E-state index in [0.717, 1.165) is 19.4 Å². The largest absolute Gasteiger partial charge is 0.493 e. The highest BCUT2D eigenvalue weighted by Crippen LogP contribution is 2.37. The van der Waals surface area contributed by atoms with E-state index in [1.54, 1.807) is 6.07 Å². The summed E-state index contributed by atoms with van der Waals surface area (Å²) >= 11 is 0. The average molecular weight is 401 g/mol. The van der Waals surface area contributed by atoms with Crippen LogP contribution in [0.4, 0.5) is 15.8 Å². The Morgan fingerprint density at radius 2 is 1.86 bits per heavy atom. The average Bonchev–Trinajstić information content (AvgIpc) is 3.15. The van der Waals surface area contributed by atoms with Crippen molar-refractivity contribution < 1.29 is 23.5 Å². The van der Waals surface area contributed by atoms with E-state index in [9.17, 15) is 14.0 Å². The summed E-state index contributed by atoms with van der Waals surface area (Å²) in [6.45, 7) is 0.851. The molecule has 2 N–H and O–H groups in total. The molecule has 2 aromatic carbocycles. The van der Waals surface area contributed by atoms with Gasteiger partial charge in [-0.2, -0.15) is 0 Å². The molecular weight excluding hydrogens is 377 g/mol. The number of amides is 2. The van der Waals surface area contributed by atoms with Crippen LogP contribution in [0.5, 0.6) is 11.5 Å². The van der Waals surface area contributed by atoms with Crippen LogP contribution in [0.2, 0.25) is 0 Å². The zero-order valence-electron chi connectivity index (χ0n) is 16.6. The van der Waals surface area contributed by atoms with E-state index in [0.29, 0.717) is 11.4 Å². The van der Waals surface area contributed by atoms with Gasteiger partial charge >= 0.3 is 0 Å². The maximum atomic E-state index is 13.9. The van der Waals surface area contributed by atoms with Crippen LogP contribution in [0.1, 0.15) is 23.2 Å². The predicted molar refractivity (Wildman–Crippen MR) is 108 cm³/mol. The summed E-state index contributed by atoms with van der Waals surface area (Å²) in [6.07, 6.45) is 1.70. The van der Waals surface area contributed by atoms with Gasteiger partial charge in [-0.3, -0.25) is 14.5 Å². The van der Waals surface area contributed by atoms with Gasteiger partial charge < -0.3 is 20.1 Å². The van der Waals surface area contributed by atoms with Gasteiger partial charge in [0.15, 0.2) is 11.5 Å². The van der Waals surface area contributed by atoms with Crippen molar-refractivity contribution in [3.05, 3.63) is 47.8 Å². The number of para-hydroxylation sites is 1. The maximum Gasteiger partial charge on any atom is 0.255 e. The van der Waals surface area contributed by atoms with E-state index in [-0.39, 0.29) is 28.9 Å². The van der Waals surface area contributed by atoms with Crippen molar-refractivity contribution in [2.24, 2.45) is 0 Å². The van der Waals surface area contributed by atoms with Crippen LogP contribution in [0.15, 0.2) is 36.4 Å². The molecule has 1 fully saturated rings. The Hall–Kier alpha value is -3.13. The van der Waals surface area contributed by atoms with Gasteiger partial charge in [0.1, 0.15) is 5.82 Å². The molecule has 2 aromatic rings. The number of hydrogen-bond acceptors (Lipinski definition) is 5. The minimum absolute atomic E-state index is 0.0606. The number of halogens is 1. The number of likely N-dealkylation sites (N-methyl/N-ethyl adjacent to an activating group) is 1. The lowest BCUT2D eigenvalue weighted by atomic mass is 10.1. The molecule has 0 aromatic heterocycles. The topological polar surface area (TPSA) is 79.9 Å². The number of hydrogen-bond donors (Lipinski definition) is 2. The number of rotatable bonds is 6. The standard InChI is InChI=1S/C21H24FN3O4/c1-25-10-6-9-17(25)21(27)24-16-11-13(12-18(28-2)19(16)29-3)20(26)23-15-8-5-4-7-14(15)22/h4-5,7-8,11-12,17H,6,9-10H2,1-3H3,(H,23,26)(H,24,27)/t17-/m0/s1. The second-order valence-electron chi connectivity index (χ2n) is 6.82. The fraction of sp³-hybridized carbons (Fsp3) is 0.333. The number of carbonyl (C=O) groups excluding carboxylic acids is 2. The lowest BCUT2D eigenvalue weighted by Gasteiger charge is -2.21. The van der Waals surface area contributed by atoms with Gasteiger partial charge in [-0.1, -0.05) is 12.1 Å². The maximum absolute atomic E-state index is 13.9. The molecule has 0 spiro atoms. The summed E-state index contributed by atoms with van der Waals surface area (Å²) in [5.41, 5.74) is 0.572. The zero-order chi connectivity index (χ0) is 21.0. The number of benzene rings is 2. The van der Waals surface area contributed by atoms with Crippen LogP contribution in [-0.2, 0) is 4.79 Å². The Balaban J connectivity index is 1.90. The van der Waals surface area contributed by atoms with Crippen molar-refractivity contribution in [2.45, 2.75) is 18.9 Å². The smallest absolute Gasteiger partial charge is 0.255 e. The van der Waals surface area contributed by atoms with Crippen LogP contribution < -0.4 is 20.1 Å². The predicted octanol–water partition coefficient (Wildman–Crippen LogP) is 3.13. The van der Waals surface area contributed by atoms with E-state index in [1.807, 2.05) is 11.9 Å². The molecule has 1 aliphatic heterocycles. The normalized spacial score (nSPS) is 16.3. The van der Waals surface area contributed by atoms with Crippen LogP contribution in [0.3, 0.4) is 0 Å². The Bertz CT molecular complexity index is 919. The fourth-order valence-electron chi connectivity index (χ4n) is 3.40. The van der Waals surface area contributed by atoms with Crippen molar-refractivity contribution in [3.63, 3.8) is 0 Å². The van der Waals surface area contributed by atoms with Crippen molar-refractivity contribution in [1.82, 2.24) is 4.90 Å². The SMILES string of the molecule is COc1cc(C(=O)Nc2ccccc2F)cc(NC(=O)[C@@H]2CCCN2C)c1OC. The third-order valence-electron chi connectivity index (χ3n) is 4.94. The van der Waals surface area contributed by atoms with E-state index >= 15 is 0 Å². The van der Waals surface area contributed by atoms with Crippen molar-refractivity contribution >= 4 is 23.2 Å². The van der Waals surface area contributed by atoms with Gasteiger partial charge in [0.05, 0.1) is 31.6 Å². The highest BCUT2D eigenvalue weighted by Gasteiger charge is 2.29. The zero-order valence-corrected chi connectivity index (χ0v) is 16.6. The van der Waals surface area contributed by atoms with E-state index < -0.39 is 11.7 Å². The molecule has 0 radical (unpaired) electrons. The van der Waals surface area contributed by atoms with Crippen LogP contribution in [0, 0.1) is 5.82 Å². The summed E-state index contributed by atoms with van der Waals surface area (Å²) in [5, 5.41) is 5.37. The second kappa shape index (κ2) is 8.91. The molecule has 1 atom stereocenters. The third-order valence-corrected chi connectivity index (χ3v) is 4.94. The first kappa shape index (κ1) is 20.6. The van der Waals surface area contributed by atoms with E-state index in [1.165, 1.54) is 44.6 Å². The summed E-state index contributed by atoms with van der Waals surface area (Å²) < 4.78 is 24.6. The lowest BCUT2D eigenvalue weighted by molar-refractivity contribution is -0.119. The Morgan fingerprint density at radius 3 is 2.48 bits per heavy atom. The number of nitrogens with zero attached hydrogens (tertiary/aromatic N) is 1. The van der Waals surface area contributed by atoms with Gasteiger partial charge in [0.25, 0.3) is 5.91 Å². The molecule has 1 saturated heterocycles. The summed E-state index contributed by atoms with van der Waals surface area (Å²) in [4.78, 5) is 27.4. The van der Waals surface area contributed by atoms with Crippen LogP contribution in [0.25, 0.3) is 0 Å². The Labute approximate surface area is 168 Å². The lowest BCUT2D eigenvalue weighted by Crippen LogP contribution is -2.37. The first-order valence-corrected chi connectivity index (χ1v) is 9.27. The van der Waals surface area contributed by atoms with E-state index in [4.69, 9.17) is 9.47 Å². The van der Waals surface area contributed by atoms with Gasteiger partial charge in [-0.25, -0.2) is 4.39 Å². The highest BCUT2D eigenvalue weighted by atomic mass is 19.1. The van der Waals surface area contributed by atoms with Gasteiger partial charge in [-0.15, -0.1) is 0 Å². The number of ether oxygens (including phenoxy) is 2. The monoisotopic (exact) mass is 401 g/mol. The molecule has 3 rings (SSSR count). The number of methoxy groups -OCH3 is 2. The molecule has 1 aliphatic rings. The molecule has 8 heteroatoms. The third kappa shape index (κ3) is 4.48. The van der Waals surface area contributed by atoms with Gasteiger partial charge in [0, 0.05) is 5.56 Å². The highest BCUT2D eigenvalue weighted by molar-refractivity contribution is 6.06. The minimum atomic E-state index is -0.542. The number of carbonyl (C=O) groups is 2. The Morgan fingerprint density at radius 1 is 1.10 bits per heavy atom. The summed E-state index contributed by atoms with van der Waals surface area (Å²) in [5.74, 6) is -0.673. The van der Waals surface area contributed by atoms with Crippen LogP contribution >= 0.6 is 0 Å². The van der Waals surface area contributed by atoms with Crippen molar-refractivity contribution in [3.8, 4) is 11.5 Å². The quantitative estimate of drug-likeness (QED) is 0.778. The van der Waals surface area contributed by atoms with Gasteiger partial charge in [0.2, 0.25) is 5.91 Å². The molecule has 154 valence electrons. The van der Waals surface area contributed by atoms with Gasteiger partial charge in [-0.05, 0) is 50.7 Å². The first-order chi connectivity index (χ1) is 13.9. The number of likely N-dealkylation sites (tertiary alicyclic amines) is 1. The molecule has 0 bridgehead atoms. The molecule has 7 nitrogen and oxygen atoms in total. The van der Waals surface area contributed by atoms with E-state index in [2.05, 4.69) is 10.6 Å². The fourth-order valence-corrected chi connectivity index (χ4v) is 3.40.